The minimum Gasteiger partial charge on any atom is -0.286 e. The molecule has 5 nitrogen and oxygen atoms in total. The predicted molar refractivity (Wildman–Crippen MR) is 103 cm³/mol. The number of halogens is 2. The lowest BCUT2D eigenvalue weighted by Crippen LogP contribution is -2.22. The molecule has 0 saturated heterocycles. The summed E-state index contributed by atoms with van der Waals surface area (Å²) in [4.78, 5) is 21.2. The van der Waals surface area contributed by atoms with Crippen molar-refractivity contribution in [2.24, 2.45) is 7.05 Å². The molecule has 27 heavy (non-hydrogen) atoms. The molecule has 0 atom stereocenters. The second kappa shape index (κ2) is 6.63. The molecule has 0 amide bonds. The van der Waals surface area contributed by atoms with E-state index in [-0.39, 0.29) is 11.5 Å². The zero-order valence-electron chi connectivity index (χ0n) is 14.8. The van der Waals surface area contributed by atoms with E-state index in [0.29, 0.717) is 28.3 Å². The number of pyridine rings is 2. The number of hydrogen-bond acceptors (Lipinski definition) is 3. The standard InChI is InChI=1S/C20H16ClFN4O/c1-12-5-14(3-4-17(12)22)15-7-18-19(24-9-15)25(2)20(27)26(18)11-13-6-16(21)10-23-8-13/h3-10H,11H2,1-2H3. The van der Waals surface area contributed by atoms with Crippen LogP contribution in [0.5, 0.6) is 0 Å². The first-order chi connectivity index (χ1) is 12.9. The van der Waals surface area contributed by atoms with Crippen LogP contribution in [0, 0.1) is 12.7 Å². The lowest BCUT2D eigenvalue weighted by atomic mass is 10.0. The van der Waals surface area contributed by atoms with Gasteiger partial charge in [0.2, 0.25) is 0 Å². The fraction of sp³-hybridized carbons (Fsp3) is 0.150. The quantitative estimate of drug-likeness (QED) is 0.539. The molecular formula is C20H16ClFN4O. The van der Waals surface area contributed by atoms with E-state index >= 15 is 0 Å². The highest BCUT2D eigenvalue weighted by Gasteiger charge is 2.14. The van der Waals surface area contributed by atoms with Crippen molar-refractivity contribution in [3.05, 3.63) is 81.4 Å². The third kappa shape index (κ3) is 3.13. The van der Waals surface area contributed by atoms with Gasteiger partial charge in [0.1, 0.15) is 5.82 Å². The monoisotopic (exact) mass is 382 g/mol. The van der Waals surface area contributed by atoms with Crippen molar-refractivity contribution >= 4 is 22.8 Å². The third-order valence-electron chi connectivity index (χ3n) is 4.57. The van der Waals surface area contributed by atoms with E-state index in [9.17, 15) is 9.18 Å². The Morgan fingerprint density at radius 2 is 1.93 bits per heavy atom. The van der Waals surface area contributed by atoms with Crippen LogP contribution in [0.4, 0.5) is 4.39 Å². The number of nitrogens with zero attached hydrogens (tertiary/aromatic N) is 4. The molecule has 0 fully saturated rings. The highest BCUT2D eigenvalue weighted by atomic mass is 35.5. The van der Waals surface area contributed by atoms with Gasteiger partial charge >= 0.3 is 5.69 Å². The van der Waals surface area contributed by atoms with E-state index in [1.165, 1.54) is 10.6 Å². The average Bonchev–Trinajstić information content (AvgIpc) is 2.88. The average molecular weight is 383 g/mol. The van der Waals surface area contributed by atoms with Crippen LogP contribution in [0.2, 0.25) is 5.02 Å². The van der Waals surface area contributed by atoms with Gasteiger partial charge in [-0.3, -0.25) is 14.1 Å². The smallest absolute Gasteiger partial charge is 0.286 e. The fourth-order valence-electron chi connectivity index (χ4n) is 3.14. The van der Waals surface area contributed by atoms with Gasteiger partial charge < -0.3 is 0 Å². The Hall–Kier alpha value is -2.99. The van der Waals surface area contributed by atoms with Crippen LogP contribution in [-0.4, -0.2) is 19.1 Å². The van der Waals surface area contributed by atoms with Crippen molar-refractivity contribution in [3.8, 4) is 11.1 Å². The molecule has 3 heterocycles. The maximum atomic E-state index is 13.6. The van der Waals surface area contributed by atoms with E-state index < -0.39 is 0 Å². The summed E-state index contributed by atoms with van der Waals surface area (Å²) >= 11 is 6.01. The SMILES string of the molecule is Cc1cc(-c2cnc3c(c2)n(Cc2cncc(Cl)c2)c(=O)n3C)ccc1F. The lowest BCUT2D eigenvalue weighted by molar-refractivity contribution is 0.619. The van der Waals surface area contributed by atoms with Gasteiger partial charge in [0, 0.05) is 31.2 Å². The van der Waals surface area contributed by atoms with Crippen LogP contribution >= 0.6 is 11.6 Å². The second-order valence-corrected chi connectivity index (χ2v) is 6.91. The highest BCUT2D eigenvalue weighted by molar-refractivity contribution is 6.30. The summed E-state index contributed by atoms with van der Waals surface area (Å²) in [6.45, 7) is 2.05. The molecule has 0 N–H and O–H groups in total. The van der Waals surface area contributed by atoms with E-state index in [1.54, 1.807) is 55.3 Å². The number of imidazole rings is 1. The molecule has 0 aliphatic heterocycles. The van der Waals surface area contributed by atoms with Crippen LogP contribution in [0.1, 0.15) is 11.1 Å². The molecular weight excluding hydrogens is 367 g/mol. The van der Waals surface area contributed by atoms with Gasteiger partial charge in [0.25, 0.3) is 0 Å². The van der Waals surface area contributed by atoms with Gasteiger partial charge in [0.05, 0.1) is 17.1 Å². The third-order valence-corrected chi connectivity index (χ3v) is 4.77. The van der Waals surface area contributed by atoms with Gasteiger partial charge in [-0.2, -0.15) is 0 Å². The molecule has 0 aliphatic carbocycles. The van der Waals surface area contributed by atoms with Gasteiger partial charge in [-0.1, -0.05) is 17.7 Å². The van der Waals surface area contributed by atoms with Crippen molar-refractivity contribution in [1.29, 1.82) is 0 Å². The molecule has 136 valence electrons. The Morgan fingerprint density at radius 3 is 2.67 bits per heavy atom. The molecule has 4 rings (SSSR count). The largest absolute Gasteiger partial charge is 0.330 e. The first kappa shape index (κ1) is 17.4. The lowest BCUT2D eigenvalue weighted by Gasteiger charge is -2.06. The number of aromatic nitrogens is 4. The number of fused-ring (bicyclic) bond motifs is 1. The van der Waals surface area contributed by atoms with Crippen molar-refractivity contribution in [2.75, 3.05) is 0 Å². The van der Waals surface area contributed by atoms with Crippen molar-refractivity contribution < 1.29 is 4.39 Å². The number of aryl methyl sites for hydroxylation is 2. The summed E-state index contributed by atoms with van der Waals surface area (Å²) < 4.78 is 16.7. The van der Waals surface area contributed by atoms with Crippen LogP contribution in [0.25, 0.3) is 22.3 Å². The zero-order chi connectivity index (χ0) is 19.1. The van der Waals surface area contributed by atoms with Crippen LogP contribution < -0.4 is 5.69 Å². The minimum absolute atomic E-state index is 0.176. The van der Waals surface area contributed by atoms with Crippen LogP contribution in [-0.2, 0) is 13.6 Å². The molecule has 0 radical (unpaired) electrons. The molecule has 4 aromatic rings. The van der Waals surface area contributed by atoms with E-state index in [1.807, 2.05) is 6.07 Å². The number of hydrogen-bond donors (Lipinski definition) is 0. The van der Waals surface area contributed by atoms with E-state index in [4.69, 9.17) is 11.6 Å². The molecule has 0 aliphatic rings. The van der Waals surface area contributed by atoms with Gasteiger partial charge in [0.15, 0.2) is 5.65 Å². The van der Waals surface area contributed by atoms with Crippen LogP contribution in [0.3, 0.4) is 0 Å². The van der Waals surface area contributed by atoms with Gasteiger partial charge in [-0.25, -0.2) is 14.2 Å². The van der Waals surface area contributed by atoms with Crippen LogP contribution in [0.15, 0.2) is 53.7 Å². The first-order valence-electron chi connectivity index (χ1n) is 8.35. The second-order valence-electron chi connectivity index (χ2n) is 6.47. The zero-order valence-corrected chi connectivity index (χ0v) is 15.5. The highest BCUT2D eigenvalue weighted by Crippen LogP contribution is 2.24. The van der Waals surface area contributed by atoms with Crippen molar-refractivity contribution in [2.45, 2.75) is 13.5 Å². The van der Waals surface area contributed by atoms with Crippen molar-refractivity contribution in [1.82, 2.24) is 19.1 Å². The summed E-state index contributed by atoms with van der Waals surface area (Å²) in [5.74, 6) is -0.252. The molecule has 3 aromatic heterocycles. The normalized spacial score (nSPS) is 11.3. The maximum absolute atomic E-state index is 13.6. The van der Waals surface area contributed by atoms with E-state index in [2.05, 4.69) is 9.97 Å². The Morgan fingerprint density at radius 1 is 1.11 bits per heavy atom. The predicted octanol–water partition coefficient (Wildman–Crippen LogP) is 3.95. The molecule has 0 bridgehead atoms. The van der Waals surface area contributed by atoms with Crippen molar-refractivity contribution in [3.63, 3.8) is 0 Å². The first-order valence-corrected chi connectivity index (χ1v) is 8.73. The Balaban J connectivity index is 1.87. The Bertz CT molecular complexity index is 1230. The summed E-state index contributed by atoms with van der Waals surface area (Å²) in [5, 5.41) is 0.515. The fourth-order valence-corrected chi connectivity index (χ4v) is 3.33. The van der Waals surface area contributed by atoms with Gasteiger partial charge in [-0.15, -0.1) is 0 Å². The molecule has 7 heteroatoms. The molecule has 0 unspecified atom stereocenters. The topological polar surface area (TPSA) is 52.7 Å². The number of benzene rings is 1. The molecule has 1 aromatic carbocycles. The summed E-state index contributed by atoms with van der Waals surface area (Å²) in [6, 6.07) is 8.58. The number of rotatable bonds is 3. The Labute approximate surface area is 159 Å². The molecule has 0 spiro atoms. The molecule has 0 saturated carbocycles. The van der Waals surface area contributed by atoms with Gasteiger partial charge in [-0.05, 0) is 47.9 Å². The summed E-state index contributed by atoms with van der Waals surface area (Å²) in [6.07, 6.45) is 4.92. The van der Waals surface area contributed by atoms with E-state index in [0.717, 1.165) is 16.7 Å². The summed E-state index contributed by atoms with van der Waals surface area (Å²) in [7, 11) is 1.69. The minimum atomic E-state index is -0.252. The summed E-state index contributed by atoms with van der Waals surface area (Å²) in [5.41, 5.74) is 4.14. The maximum Gasteiger partial charge on any atom is 0.330 e. The Kier molecular flexibility index (Phi) is 4.28.